The van der Waals surface area contributed by atoms with Crippen LogP contribution in [0.15, 0.2) is 91.0 Å². The highest BCUT2D eigenvalue weighted by atomic mass is 15.4. The summed E-state index contributed by atoms with van der Waals surface area (Å²) in [5.74, 6) is 0. The Balaban J connectivity index is 1.59. The summed E-state index contributed by atoms with van der Waals surface area (Å²) in [7, 11) is 0. The first-order valence-electron chi connectivity index (χ1n) is 9.22. The fourth-order valence-electron chi connectivity index (χ4n) is 4.11. The maximum Gasteiger partial charge on any atom is 0.241 e. The van der Waals surface area contributed by atoms with E-state index in [1.807, 2.05) is 0 Å². The summed E-state index contributed by atoms with van der Waals surface area (Å²) < 4.78 is 0. The smallest absolute Gasteiger partial charge is 0.241 e. The lowest BCUT2D eigenvalue weighted by molar-refractivity contribution is -1.09. The van der Waals surface area contributed by atoms with E-state index in [9.17, 15) is 0 Å². The van der Waals surface area contributed by atoms with Crippen molar-refractivity contribution in [3.8, 4) is 0 Å². The molecule has 2 atom stereocenters. The molecule has 3 aromatic carbocycles. The summed E-state index contributed by atoms with van der Waals surface area (Å²) in [5, 5.41) is 0. The Morgan fingerprint density at radius 1 is 0.560 bits per heavy atom. The summed E-state index contributed by atoms with van der Waals surface area (Å²) in [4.78, 5) is 3.34. The molecule has 0 aromatic heterocycles. The molecule has 1 heterocycles. The van der Waals surface area contributed by atoms with Crippen LogP contribution in [0.2, 0.25) is 0 Å². The third-order valence-corrected chi connectivity index (χ3v) is 5.26. The van der Waals surface area contributed by atoms with E-state index in [1.165, 1.54) is 29.8 Å². The first-order valence-corrected chi connectivity index (χ1v) is 9.22. The van der Waals surface area contributed by atoms with Crippen LogP contribution in [0.5, 0.6) is 0 Å². The Hall–Kier alpha value is -2.42. The molecule has 0 aliphatic carbocycles. The molecular formula is C23H26N2+2. The van der Waals surface area contributed by atoms with Crippen LogP contribution in [0.25, 0.3) is 0 Å². The Bertz CT molecular complexity index is 721. The molecule has 25 heavy (non-hydrogen) atoms. The molecule has 0 bridgehead atoms. The number of hydrogen-bond acceptors (Lipinski definition) is 0. The second-order valence-corrected chi connectivity index (χ2v) is 6.98. The van der Waals surface area contributed by atoms with Crippen molar-refractivity contribution < 1.29 is 9.80 Å². The number of rotatable bonds is 5. The predicted molar refractivity (Wildman–Crippen MR) is 101 cm³/mol. The third kappa shape index (κ3) is 3.81. The zero-order valence-corrected chi connectivity index (χ0v) is 14.6. The van der Waals surface area contributed by atoms with Crippen molar-refractivity contribution in [3.05, 3.63) is 108 Å². The molecule has 0 spiro atoms. The molecule has 2 heteroatoms. The molecule has 2 unspecified atom stereocenters. The maximum atomic E-state index is 2.30. The summed E-state index contributed by atoms with van der Waals surface area (Å²) in [6.07, 6.45) is 0.501. The summed E-state index contributed by atoms with van der Waals surface area (Å²) in [6.45, 7) is 4.63. The molecule has 0 saturated carbocycles. The summed E-state index contributed by atoms with van der Waals surface area (Å²) in [5.41, 5.74) is 4.32. The van der Waals surface area contributed by atoms with Gasteiger partial charge in [0.15, 0.2) is 0 Å². The molecule has 1 fully saturated rings. The van der Waals surface area contributed by atoms with E-state index in [2.05, 4.69) is 91.0 Å². The van der Waals surface area contributed by atoms with Gasteiger partial charge in [0.25, 0.3) is 0 Å². The standard InChI is InChI=1S/C23H24N2/c1-4-10-20(11-5-1)18-24-16-17-25(19-21-12-6-2-7-13-21)23(24)22-14-8-3-9-15-22/h1-15,23H,16-19H2/p+2. The van der Waals surface area contributed by atoms with Gasteiger partial charge in [-0.15, -0.1) is 0 Å². The molecule has 1 saturated heterocycles. The number of nitrogens with one attached hydrogen (secondary N) is 2. The highest BCUT2D eigenvalue weighted by Crippen LogP contribution is 2.08. The lowest BCUT2D eigenvalue weighted by Crippen LogP contribution is -3.22. The van der Waals surface area contributed by atoms with Crippen molar-refractivity contribution in [3.63, 3.8) is 0 Å². The zero-order valence-electron chi connectivity index (χ0n) is 14.6. The molecule has 0 amide bonds. The maximum absolute atomic E-state index is 2.30. The lowest BCUT2D eigenvalue weighted by atomic mass is 10.1. The largest absolute Gasteiger partial charge is 0.274 e. The van der Waals surface area contributed by atoms with Gasteiger partial charge < -0.3 is 0 Å². The Kier molecular flexibility index (Phi) is 4.91. The van der Waals surface area contributed by atoms with Gasteiger partial charge in [-0.2, -0.15) is 0 Å². The monoisotopic (exact) mass is 330 g/mol. The number of benzene rings is 3. The molecule has 1 aliphatic rings. The van der Waals surface area contributed by atoms with Crippen LogP contribution in [-0.2, 0) is 13.1 Å². The molecule has 126 valence electrons. The fourth-order valence-corrected chi connectivity index (χ4v) is 4.11. The minimum atomic E-state index is 0.501. The van der Waals surface area contributed by atoms with Crippen molar-refractivity contribution in [1.82, 2.24) is 0 Å². The fraction of sp³-hybridized carbons (Fsp3) is 0.217. The van der Waals surface area contributed by atoms with E-state index in [1.54, 1.807) is 9.80 Å². The van der Waals surface area contributed by atoms with E-state index in [4.69, 9.17) is 0 Å². The number of hydrogen-bond donors (Lipinski definition) is 2. The molecule has 0 radical (unpaired) electrons. The Labute approximate surface area is 150 Å². The Morgan fingerprint density at radius 2 is 0.960 bits per heavy atom. The van der Waals surface area contributed by atoms with Crippen LogP contribution in [0.4, 0.5) is 0 Å². The SMILES string of the molecule is c1ccc(C[NH+]2CC[NH+](Cc3ccccc3)C2c2ccccc2)cc1. The van der Waals surface area contributed by atoms with E-state index >= 15 is 0 Å². The van der Waals surface area contributed by atoms with Gasteiger partial charge in [0.05, 0.1) is 5.56 Å². The second kappa shape index (κ2) is 7.64. The van der Waals surface area contributed by atoms with E-state index in [0.29, 0.717) is 6.17 Å². The number of quaternary nitrogens is 2. The van der Waals surface area contributed by atoms with Gasteiger partial charge in [0.1, 0.15) is 26.2 Å². The molecular weight excluding hydrogens is 304 g/mol. The van der Waals surface area contributed by atoms with Crippen LogP contribution < -0.4 is 9.80 Å². The average molecular weight is 330 g/mol. The van der Waals surface area contributed by atoms with Gasteiger partial charge in [-0.3, -0.25) is 9.80 Å². The zero-order chi connectivity index (χ0) is 16.9. The minimum Gasteiger partial charge on any atom is -0.274 e. The Morgan fingerprint density at radius 3 is 1.40 bits per heavy atom. The minimum absolute atomic E-state index is 0.501. The third-order valence-electron chi connectivity index (χ3n) is 5.26. The van der Waals surface area contributed by atoms with Crippen molar-refractivity contribution in [2.75, 3.05) is 13.1 Å². The van der Waals surface area contributed by atoms with Gasteiger partial charge >= 0.3 is 0 Å². The van der Waals surface area contributed by atoms with Gasteiger partial charge in [0, 0.05) is 11.1 Å². The first kappa shape index (κ1) is 16.1. The molecule has 1 aliphatic heterocycles. The van der Waals surface area contributed by atoms with Gasteiger partial charge in [-0.25, -0.2) is 0 Å². The van der Waals surface area contributed by atoms with Crippen molar-refractivity contribution in [1.29, 1.82) is 0 Å². The second-order valence-electron chi connectivity index (χ2n) is 6.98. The molecule has 2 N–H and O–H groups in total. The summed E-state index contributed by atoms with van der Waals surface area (Å²) in [6, 6.07) is 32.9. The van der Waals surface area contributed by atoms with E-state index in [0.717, 1.165) is 13.1 Å². The first-order chi connectivity index (χ1) is 12.4. The van der Waals surface area contributed by atoms with Crippen molar-refractivity contribution in [2.24, 2.45) is 0 Å². The normalized spacial score (nSPS) is 22.8. The van der Waals surface area contributed by atoms with Crippen LogP contribution in [0.1, 0.15) is 22.9 Å². The van der Waals surface area contributed by atoms with Crippen LogP contribution >= 0.6 is 0 Å². The van der Waals surface area contributed by atoms with Gasteiger partial charge in [0.2, 0.25) is 6.17 Å². The van der Waals surface area contributed by atoms with Crippen LogP contribution in [0, 0.1) is 0 Å². The van der Waals surface area contributed by atoms with Crippen LogP contribution in [-0.4, -0.2) is 13.1 Å². The predicted octanol–water partition coefficient (Wildman–Crippen LogP) is 1.87. The lowest BCUT2D eigenvalue weighted by Gasteiger charge is -2.24. The highest BCUT2D eigenvalue weighted by Gasteiger charge is 2.40. The molecule has 3 aromatic rings. The van der Waals surface area contributed by atoms with E-state index in [-0.39, 0.29) is 0 Å². The van der Waals surface area contributed by atoms with Crippen molar-refractivity contribution >= 4 is 0 Å². The van der Waals surface area contributed by atoms with Crippen molar-refractivity contribution in [2.45, 2.75) is 19.3 Å². The summed E-state index contributed by atoms with van der Waals surface area (Å²) >= 11 is 0. The van der Waals surface area contributed by atoms with Crippen LogP contribution in [0.3, 0.4) is 0 Å². The molecule has 2 nitrogen and oxygen atoms in total. The van der Waals surface area contributed by atoms with Gasteiger partial charge in [-0.1, -0.05) is 78.9 Å². The van der Waals surface area contributed by atoms with Gasteiger partial charge in [-0.05, 0) is 12.1 Å². The molecule has 4 rings (SSSR count). The van der Waals surface area contributed by atoms with E-state index < -0.39 is 0 Å². The average Bonchev–Trinajstić information content (AvgIpc) is 3.06. The highest BCUT2D eigenvalue weighted by molar-refractivity contribution is 5.17. The quantitative estimate of drug-likeness (QED) is 0.707. The topological polar surface area (TPSA) is 8.88 Å².